The number of hydrogen-bond acceptors (Lipinski definition) is 5. The number of H-pyrrole nitrogens is 2. The highest BCUT2D eigenvalue weighted by Gasteiger charge is 2.34. The van der Waals surface area contributed by atoms with Crippen molar-refractivity contribution in [1.29, 1.82) is 0 Å². The molecule has 3 amide bonds. The number of carbonyl (C=O) groups excluding carboxylic acids is 3. The molecule has 0 saturated heterocycles. The Hall–Kier alpha value is -4.64. The molecule has 2 heterocycles. The van der Waals surface area contributed by atoms with E-state index in [1.165, 1.54) is 0 Å². The zero-order valence-corrected chi connectivity index (χ0v) is 26.2. The van der Waals surface area contributed by atoms with Gasteiger partial charge in [0.15, 0.2) is 0 Å². The van der Waals surface area contributed by atoms with Crippen LogP contribution >= 0.6 is 0 Å². The molecule has 6 unspecified atom stereocenters. The summed E-state index contributed by atoms with van der Waals surface area (Å²) in [5.74, 6) is -3.36. The van der Waals surface area contributed by atoms with Crippen LogP contribution in [0.1, 0.15) is 51.7 Å². The lowest BCUT2D eigenvalue weighted by atomic mass is 9.94. The molecule has 6 atom stereocenters. The van der Waals surface area contributed by atoms with Crippen LogP contribution in [-0.4, -0.2) is 62.9 Å². The summed E-state index contributed by atoms with van der Waals surface area (Å²) in [5.41, 5.74) is 9.76. The minimum atomic E-state index is -1.22. The summed E-state index contributed by atoms with van der Waals surface area (Å²) in [4.78, 5) is 59.0. The number of aromatic amines is 2. The van der Waals surface area contributed by atoms with Crippen molar-refractivity contribution in [2.24, 2.45) is 17.6 Å². The van der Waals surface area contributed by atoms with E-state index in [1.807, 2.05) is 82.4 Å². The van der Waals surface area contributed by atoms with E-state index in [9.17, 15) is 24.3 Å². The van der Waals surface area contributed by atoms with Crippen LogP contribution in [0.5, 0.6) is 0 Å². The SMILES string of the molecule is CCC(C)C(NC(=O)C(N)Cc1c[nH]c2ccccc12)C(=O)NC(C(=O)NC(Cc1c[nH]c2ccccc12)C(=O)O)C(C)CC. The molecule has 0 aliphatic carbocycles. The number of amides is 3. The Morgan fingerprint density at radius 2 is 1.16 bits per heavy atom. The van der Waals surface area contributed by atoms with Gasteiger partial charge in [0.25, 0.3) is 0 Å². The van der Waals surface area contributed by atoms with E-state index >= 15 is 0 Å². The van der Waals surface area contributed by atoms with Crippen LogP contribution in [0.25, 0.3) is 21.8 Å². The van der Waals surface area contributed by atoms with E-state index in [2.05, 4.69) is 25.9 Å². The van der Waals surface area contributed by atoms with Gasteiger partial charge in [-0.05, 0) is 41.5 Å². The first kappa shape index (κ1) is 33.3. The summed E-state index contributed by atoms with van der Waals surface area (Å²) in [7, 11) is 0. The predicted molar refractivity (Wildman–Crippen MR) is 174 cm³/mol. The average Bonchev–Trinajstić information content (AvgIpc) is 3.64. The molecule has 0 saturated carbocycles. The smallest absolute Gasteiger partial charge is 0.326 e. The average molecular weight is 617 g/mol. The normalized spacial score (nSPS) is 15.5. The van der Waals surface area contributed by atoms with E-state index in [1.54, 1.807) is 6.20 Å². The van der Waals surface area contributed by atoms with Gasteiger partial charge in [-0.2, -0.15) is 0 Å². The van der Waals surface area contributed by atoms with Gasteiger partial charge in [-0.25, -0.2) is 4.79 Å². The van der Waals surface area contributed by atoms with Crippen molar-refractivity contribution in [3.05, 3.63) is 72.1 Å². The molecule has 8 N–H and O–H groups in total. The number of hydrogen-bond donors (Lipinski definition) is 7. The van der Waals surface area contributed by atoms with E-state index in [-0.39, 0.29) is 24.7 Å². The number of fused-ring (bicyclic) bond motifs is 2. The summed E-state index contributed by atoms with van der Waals surface area (Å²) in [5, 5.41) is 20.1. The number of rotatable bonds is 15. The molecule has 11 heteroatoms. The third-order valence-electron chi connectivity index (χ3n) is 8.75. The molecule has 45 heavy (non-hydrogen) atoms. The zero-order valence-electron chi connectivity index (χ0n) is 26.2. The summed E-state index contributed by atoms with van der Waals surface area (Å²) < 4.78 is 0. The van der Waals surface area contributed by atoms with Crippen molar-refractivity contribution in [1.82, 2.24) is 25.9 Å². The number of benzene rings is 2. The maximum absolute atomic E-state index is 13.7. The van der Waals surface area contributed by atoms with Crippen LogP contribution < -0.4 is 21.7 Å². The Labute approximate surface area is 262 Å². The third kappa shape index (κ3) is 7.91. The standard InChI is InChI=1S/C34H44N6O5/c1-5-19(3)29(32(42)38-28(34(44)45)16-22-18-37-27-14-10-8-12-24(22)27)40-33(43)30(20(4)6-2)39-31(41)25(35)15-21-17-36-26-13-9-7-11-23(21)26/h7-14,17-20,25,28-30,36-37H,5-6,15-16,35H2,1-4H3,(H,38,42)(H,39,41)(H,40,43)(H,44,45). The number of carboxylic acids is 1. The molecule has 11 nitrogen and oxygen atoms in total. The first-order valence-electron chi connectivity index (χ1n) is 15.5. The molecule has 0 radical (unpaired) electrons. The fraction of sp³-hybridized carbons (Fsp3) is 0.412. The second-order valence-electron chi connectivity index (χ2n) is 11.9. The molecule has 2 aromatic carbocycles. The largest absolute Gasteiger partial charge is 0.480 e. The lowest BCUT2D eigenvalue weighted by molar-refractivity contribution is -0.142. The fourth-order valence-corrected chi connectivity index (χ4v) is 5.52. The minimum absolute atomic E-state index is 0.0616. The zero-order chi connectivity index (χ0) is 32.7. The Morgan fingerprint density at radius 3 is 1.64 bits per heavy atom. The van der Waals surface area contributed by atoms with Crippen molar-refractivity contribution in [2.45, 2.75) is 77.5 Å². The lowest BCUT2D eigenvalue weighted by Crippen LogP contribution is -2.60. The van der Waals surface area contributed by atoms with Gasteiger partial charge in [0.1, 0.15) is 18.1 Å². The molecular weight excluding hydrogens is 572 g/mol. The Balaban J connectivity index is 1.46. The van der Waals surface area contributed by atoms with Gasteiger partial charge >= 0.3 is 5.97 Å². The number of aromatic nitrogens is 2. The van der Waals surface area contributed by atoms with E-state index in [4.69, 9.17) is 5.73 Å². The maximum atomic E-state index is 13.7. The quantitative estimate of drug-likeness (QED) is 0.107. The molecular formula is C34H44N6O5. The van der Waals surface area contributed by atoms with Crippen LogP contribution in [0.3, 0.4) is 0 Å². The third-order valence-corrected chi connectivity index (χ3v) is 8.75. The maximum Gasteiger partial charge on any atom is 0.326 e. The fourth-order valence-electron chi connectivity index (χ4n) is 5.52. The molecule has 4 rings (SSSR count). The molecule has 0 bridgehead atoms. The topological polar surface area (TPSA) is 182 Å². The lowest BCUT2D eigenvalue weighted by Gasteiger charge is -2.30. The molecule has 240 valence electrons. The molecule has 0 spiro atoms. The van der Waals surface area contributed by atoms with Crippen LogP contribution in [0.4, 0.5) is 0 Å². The molecule has 4 aromatic rings. The Kier molecular flexibility index (Phi) is 11.0. The van der Waals surface area contributed by atoms with Crippen LogP contribution in [0.2, 0.25) is 0 Å². The van der Waals surface area contributed by atoms with Gasteiger partial charge in [0.05, 0.1) is 6.04 Å². The molecule has 2 aromatic heterocycles. The van der Waals surface area contributed by atoms with E-state index in [0.29, 0.717) is 12.8 Å². The summed E-state index contributed by atoms with van der Waals surface area (Å²) in [6.07, 6.45) is 5.04. The van der Waals surface area contributed by atoms with Crippen LogP contribution in [0.15, 0.2) is 60.9 Å². The number of carboxylic acid groups (broad SMARTS) is 1. The van der Waals surface area contributed by atoms with Crippen molar-refractivity contribution in [3.63, 3.8) is 0 Å². The van der Waals surface area contributed by atoms with Crippen LogP contribution in [-0.2, 0) is 32.0 Å². The van der Waals surface area contributed by atoms with Crippen LogP contribution in [0, 0.1) is 11.8 Å². The summed E-state index contributed by atoms with van der Waals surface area (Å²) in [6.45, 7) is 7.45. The van der Waals surface area contributed by atoms with Gasteiger partial charge in [-0.3, -0.25) is 14.4 Å². The van der Waals surface area contributed by atoms with Crippen molar-refractivity contribution >= 4 is 45.5 Å². The second-order valence-corrected chi connectivity index (χ2v) is 11.9. The summed E-state index contributed by atoms with van der Waals surface area (Å²) >= 11 is 0. The number of para-hydroxylation sites is 2. The highest BCUT2D eigenvalue weighted by molar-refractivity contribution is 5.95. The first-order valence-corrected chi connectivity index (χ1v) is 15.5. The Morgan fingerprint density at radius 1 is 0.711 bits per heavy atom. The number of nitrogens with one attached hydrogen (secondary N) is 5. The number of carbonyl (C=O) groups is 4. The second kappa shape index (κ2) is 14.9. The van der Waals surface area contributed by atoms with Gasteiger partial charge in [-0.15, -0.1) is 0 Å². The van der Waals surface area contributed by atoms with Gasteiger partial charge in [-0.1, -0.05) is 76.9 Å². The predicted octanol–water partition coefficient (Wildman–Crippen LogP) is 3.39. The Bertz CT molecular complexity index is 1640. The molecule has 0 fully saturated rings. The van der Waals surface area contributed by atoms with Crippen molar-refractivity contribution in [2.75, 3.05) is 0 Å². The monoisotopic (exact) mass is 616 g/mol. The van der Waals surface area contributed by atoms with Crippen molar-refractivity contribution < 1.29 is 24.3 Å². The van der Waals surface area contributed by atoms with E-state index < -0.39 is 47.9 Å². The highest BCUT2D eigenvalue weighted by atomic mass is 16.4. The number of aliphatic carboxylic acids is 1. The van der Waals surface area contributed by atoms with Gasteiger partial charge in [0.2, 0.25) is 17.7 Å². The number of nitrogens with two attached hydrogens (primary N) is 1. The van der Waals surface area contributed by atoms with Crippen molar-refractivity contribution in [3.8, 4) is 0 Å². The molecule has 0 aliphatic rings. The van der Waals surface area contributed by atoms with Gasteiger partial charge in [0, 0.05) is 40.6 Å². The first-order chi connectivity index (χ1) is 21.5. The van der Waals surface area contributed by atoms with Gasteiger partial charge < -0.3 is 36.8 Å². The summed E-state index contributed by atoms with van der Waals surface area (Å²) in [6, 6.07) is 11.2. The highest BCUT2D eigenvalue weighted by Crippen LogP contribution is 2.21. The minimum Gasteiger partial charge on any atom is -0.480 e. The molecule has 0 aliphatic heterocycles. The van der Waals surface area contributed by atoms with E-state index in [0.717, 1.165) is 32.9 Å².